The molecule has 0 amide bonds. The van der Waals surface area contributed by atoms with E-state index in [0.717, 1.165) is 30.6 Å². The first-order valence-electron chi connectivity index (χ1n) is 9.92. The van der Waals surface area contributed by atoms with Gasteiger partial charge in [-0.1, -0.05) is 0 Å². The summed E-state index contributed by atoms with van der Waals surface area (Å²) >= 11 is 0. The van der Waals surface area contributed by atoms with Crippen molar-refractivity contribution >= 4 is 17.5 Å². The normalized spacial score (nSPS) is 11.9. The van der Waals surface area contributed by atoms with E-state index in [2.05, 4.69) is 15.3 Å². The van der Waals surface area contributed by atoms with Crippen LogP contribution in [0.3, 0.4) is 0 Å². The lowest BCUT2D eigenvalue weighted by molar-refractivity contribution is -0.136. The predicted molar refractivity (Wildman–Crippen MR) is 119 cm³/mol. The minimum absolute atomic E-state index is 0.0577. The van der Waals surface area contributed by atoms with Gasteiger partial charge in [0.1, 0.15) is 17.3 Å². The highest BCUT2D eigenvalue weighted by Crippen LogP contribution is 2.28. The van der Waals surface area contributed by atoms with Crippen LogP contribution in [0.4, 0.5) is 18.9 Å². The first kappa shape index (κ1) is 24.4. The fourth-order valence-corrected chi connectivity index (χ4v) is 3.03. The number of ether oxygens (including phenoxy) is 2. The minimum Gasteiger partial charge on any atom is -0.494 e. The second-order valence-corrected chi connectivity index (χ2v) is 7.09. The summed E-state index contributed by atoms with van der Waals surface area (Å²) < 4.78 is 52.0. The molecule has 0 saturated carbocycles. The number of methoxy groups -OCH3 is 2. The highest BCUT2D eigenvalue weighted by Gasteiger charge is 2.14. The second-order valence-electron chi connectivity index (χ2n) is 7.09. The SMILES string of the molecule is COC(=O)/C(=C/C(N)=Nc1ccc(-n2cnc(C)c2)c(OC)c1)NCc1cc(F)c(F)c(F)c1. The number of hydrogen-bond acceptors (Lipinski definition) is 6. The summed E-state index contributed by atoms with van der Waals surface area (Å²) in [5.41, 5.74) is 7.95. The van der Waals surface area contributed by atoms with E-state index in [0.29, 0.717) is 11.4 Å². The maximum absolute atomic E-state index is 13.4. The van der Waals surface area contributed by atoms with E-state index in [9.17, 15) is 18.0 Å². The summed E-state index contributed by atoms with van der Waals surface area (Å²) in [6, 6.07) is 6.75. The van der Waals surface area contributed by atoms with Crippen LogP contribution in [-0.4, -0.2) is 35.6 Å². The Bertz CT molecular complexity index is 1250. The number of imidazole rings is 1. The molecule has 0 aliphatic carbocycles. The van der Waals surface area contributed by atoms with Crippen molar-refractivity contribution in [1.82, 2.24) is 14.9 Å². The number of nitrogens with two attached hydrogens (primary N) is 1. The van der Waals surface area contributed by atoms with Crippen molar-refractivity contribution in [3.63, 3.8) is 0 Å². The number of benzene rings is 2. The molecule has 0 aliphatic heterocycles. The van der Waals surface area contributed by atoms with Crippen LogP contribution in [-0.2, 0) is 16.1 Å². The van der Waals surface area contributed by atoms with Gasteiger partial charge in [-0.3, -0.25) is 0 Å². The van der Waals surface area contributed by atoms with Gasteiger partial charge in [-0.2, -0.15) is 0 Å². The number of amidine groups is 1. The predicted octanol–water partition coefficient (Wildman–Crippen LogP) is 3.44. The molecule has 0 saturated heterocycles. The largest absolute Gasteiger partial charge is 0.494 e. The Morgan fingerprint density at radius 2 is 1.91 bits per heavy atom. The van der Waals surface area contributed by atoms with Crippen LogP contribution in [0.1, 0.15) is 11.3 Å². The molecule has 0 radical (unpaired) electrons. The lowest BCUT2D eigenvalue weighted by Gasteiger charge is -2.11. The maximum Gasteiger partial charge on any atom is 0.354 e. The van der Waals surface area contributed by atoms with Gasteiger partial charge in [0, 0.05) is 24.9 Å². The smallest absolute Gasteiger partial charge is 0.354 e. The molecule has 1 aromatic heterocycles. The topological polar surface area (TPSA) is 104 Å². The van der Waals surface area contributed by atoms with Crippen LogP contribution in [0, 0.1) is 24.4 Å². The minimum atomic E-state index is -1.58. The molecule has 1 heterocycles. The van der Waals surface area contributed by atoms with Gasteiger partial charge < -0.3 is 25.1 Å². The number of nitrogens with one attached hydrogen (secondary N) is 1. The van der Waals surface area contributed by atoms with Gasteiger partial charge in [0.25, 0.3) is 0 Å². The first-order valence-corrected chi connectivity index (χ1v) is 9.92. The van der Waals surface area contributed by atoms with Crippen molar-refractivity contribution in [2.24, 2.45) is 10.7 Å². The zero-order valence-electron chi connectivity index (χ0n) is 18.6. The Kier molecular flexibility index (Phi) is 7.57. The zero-order chi connectivity index (χ0) is 24.8. The standard InChI is InChI=1S/C23H22F3N5O3/c1-13-11-31(12-29-13)19-5-4-15(8-20(19)33-2)30-21(27)9-18(23(32)34-3)28-10-14-6-16(24)22(26)17(25)7-14/h4-9,11-12,28H,10H2,1-3H3,(H2,27,30)/b18-9-. The first-order chi connectivity index (χ1) is 16.2. The zero-order valence-corrected chi connectivity index (χ0v) is 18.6. The average Bonchev–Trinajstić information content (AvgIpc) is 3.25. The van der Waals surface area contributed by atoms with Gasteiger partial charge in [-0.25, -0.2) is 27.9 Å². The summed E-state index contributed by atoms with van der Waals surface area (Å²) in [7, 11) is 2.67. The number of aryl methyl sites for hydroxylation is 1. The molecular formula is C23H22F3N5O3. The van der Waals surface area contributed by atoms with E-state index in [1.54, 1.807) is 29.1 Å². The van der Waals surface area contributed by atoms with Crippen LogP contribution >= 0.6 is 0 Å². The molecule has 3 rings (SSSR count). The number of aliphatic imine (C=N–C) groups is 1. The second kappa shape index (κ2) is 10.6. The Balaban J connectivity index is 1.84. The lowest BCUT2D eigenvalue weighted by atomic mass is 10.2. The summed E-state index contributed by atoms with van der Waals surface area (Å²) in [5.74, 6) is -4.59. The van der Waals surface area contributed by atoms with Crippen LogP contribution in [0.15, 0.2) is 59.6 Å². The van der Waals surface area contributed by atoms with Crippen molar-refractivity contribution in [2.75, 3.05) is 14.2 Å². The van der Waals surface area contributed by atoms with Gasteiger partial charge in [-0.05, 0) is 36.8 Å². The Labute approximate surface area is 193 Å². The summed E-state index contributed by atoms with van der Waals surface area (Å²) in [5, 5.41) is 2.67. The number of carbonyl (C=O) groups is 1. The van der Waals surface area contributed by atoms with Crippen molar-refractivity contribution < 1.29 is 27.4 Å². The van der Waals surface area contributed by atoms with Crippen LogP contribution in [0.2, 0.25) is 0 Å². The molecule has 2 aromatic carbocycles. The Morgan fingerprint density at radius 3 is 2.50 bits per heavy atom. The number of carbonyl (C=O) groups excluding carboxylic acids is 1. The average molecular weight is 473 g/mol. The number of nitrogens with zero attached hydrogens (tertiary/aromatic N) is 3. The fraction of sp³-hybridized carbons (Fsp3) is 0.174. The summed E-state index contributed by atoms with van der Waals surface area (Å²) in [4.78, 5) is 20.6. The highest BCUT2D eigenvalue weighted by molar-refractivity contribution is 6.01. The van der Waals surface area contributed by atoms with E-state index >= 15 is 0 Å². The van der Waals surface area contributed by atoms with E-state index in [-0.39, 0.29) is 23.6 Å². The molecule has 0 unspecified atom stereocenters. The number of esters is 1. The molecule has 0 bridgehead atoms. The lowest BCUT2D eigenvalue weighted by Crippen LogP contribution is -2.24. The molecular weight excluding hydrogens is 451 g/mol. The third kappa shape index (κ3) is 5.74. The molecule has 0 spiro atoms. The Morgan fingerprint density at radius 1 is 1.21 bits per heavy atom. The van der Waals surface area contributed by atoms with Crippen LogP contribution in [0.5, 0.6) is 5.75 Å². The van der Waals surface area contributed by atoms with Gasteiger partial charge in [-0.15, -0.1) is 0 Å². The number of halogens is 3. The summed E-state index contributed by atoms with van der Waals surface area (Å²) in [6.45, 7) is 1.67. The van der Waals surface area contributed by atoms with E-state index < -0.39 is 23.4 Å². The molecule has 178 valence electrons. The van der Waals surface area contributed by atoms with Gasteiger partial charge >= 0.3 is 5.97 Å². The van der Waals surface area contributed by atoms with Crippen LogP contribution in [0.25, 0.3) is 5.69 Å². The van der Waals surface area contributed by atoms with Gasteiger partial charge in [0.05, 0.1) is 37.6 Å². The highest BCUT2D eigenvalue weighted by atomic mass is 19.2. The van der Waals surface area contributed by atoms with Gasteiger partial charge in [0.15, 0.2) is 17.5 Å². The van der Waals surface area contributed by atoms with E-state index in [1.165, 1.54) is 13.2 Å². The third-order valence-corrected chi connectivity index (χ3v) is 4.64. The molecule has 34 heavy (non-hydrogen) atoms. The van der Waals surface area contributed by atoms with E-state index in [4.69, 9.17) is 15.2 Å². The third-order valence-electron chi connectivity index (χ3n) is 4.64. The van der Waals surface area contributed by atoms with Crippen LogP contribution < -0.4 is 15.8 Å². The fourth-order valence-electron chi connectivity index (χ4n) is 3.03. The van der Waals surface area contributed by atoms with Crippen molar-refractivity contribution in [3.8, 4) is 11.4 Å². The number of hydrogen-bond donors (Lipinski definition) is 2. The van der Waals surface area contributed by atoms with E-state index in [1.807, 2.05) is 13.1 Å². The Hall–Kier alpha value is -4.28. The van der Waals surface area contributed by atoms with Crippen molar-refractivity contribution in [3.05, 3.63) is 83.3 Å². The molecule has 3 aromatic rings. The van der Waals surface area contributed by atoms with Gasteiger partial charge in [0.2, 0.25) is 0 Å². The molecule has 0 atom stereocenters. The molecule has 0 fully saturated rings. The summed E-state index contributed by atoms with van der Waals surface area (Å²) in [6.07, 6.45) is 4.70. The monoisotopic (exact) mass is 473 g/mol. The number of rotatable bonds is 8. The number of aromatic nitrogens is 2. The molecule has 8 nitrogen and oxygen atoms in total. The van der Waals surface area contributed by atoms with Crippen molar-refractivity contribution in [1.29, 1.82) is 0 Å². The van der Waals surface area contributed by atoms with Crippen molar-refractivity contribution in [2.45, 2.75) is 13.5 Å². The molecule has 3 N–H and O–H groups in total. The molecule has 0 aliphatic rings. The molecule has 11 heteroatoms. The maximum atomic E-state index is 13.4. The quantitative estimate of drug-likeness (QED) is 0.171.